The van der Waals surface area contributed by atoms with Crippen LogP contribution < -0.4 is 0 Å². The molecule has 1 fully saturated rings. The Hall–Kier alpha value is -1.10. The lowest BCUT2D eigenvalue weighted by atomic mass is 10.1. The molecule has 0 unspecified atom stereocenters. The molecule has 1 heterocycles. The van der Waals surface area contributed by atoms with Crippen LogP contribution in [0.15, 0.2) is 24.3 Å². The lowest BCUT2D eigenvalue weighted by Gasteiger charge is -2.26. The molecule has 1 aromatic carbocycles. The monoisotopic (exact) mass is 271 g/mol. The first-order valence-corrected chi connectivity index (χ1v) is 5.77. The molecule has 0 radical (unpaired) electrons. The first-order valence-electron chi connectivity index (χ1n) is 5.77. The smallest absolute Gasteiger partial charge is 0.337 e. The Kier molecular flexibility index (Phi) is 6.12. The summed E-state index contributed by atoms with van der Waals surface area (Å²) in [6.07, 6.45) is 0. The van der Waals surface area contributed by atoms with E-state index in [2.05, 4.69) is 4.90 Å². The molecule has 0 aromatic heterocycles. The van der Waals surface area contributed by atoms with Gasteiger partial charge in [0, 0.05) is 19.6 Å². The van der Waals surface area contributed by atoms with Gasteiger partial charge in [-0.05, 0) is 17.7 Å². The van der Waals surface area contributed by atoms with Crippen molar-refractivity contribution in [3.05, 3.63) is 35.4 Å². The molecular weight excluding hydrogens is 254 g/mol. The van der Waals surface area contributed by atoms with Crippen molar-refractivity contribution >= 4 is 18.4 Å². The minimum absolute atomic E-state index is 0. The lowest BCUT2D eigenvalue weighted by Crippen LogP contribution is -2.35. The normalized spacial score (nSPS) is 15.8. The molecule has 0 spiro atoms. The number of rotatable bonds is 3. The van der Waals surface area contributed by atoms with Crippen molar-refractivity contribution in [2.24, 2.45) is 0 Å². The number of carbonyl (C=O) groups excluding carboxylic acids is 1. The predicted octanol–water partition coefficient (Wildman–Crippen LogP) is 1.73. The Balaban J connectivity index is 0.00000162. The van der Waals surface area contributed by atoms with E-state index in [9.17, 15) is 4.79 Å². The van der Waals surface area contributed by atoms with Gasteiger partial charge < -0.3 is 9.47 Å². The van der Waals surface area contributed by atoms with Crippen LogP contribution in [0.25, 0.3) is 0 Å². The Morgan fingerprint density at radius 1 is 1.39 bits per heavy atom. The number of morpholine rings is 1. The molecule has 100 valence electrons. The number of carbonyl (C=O) groups is 1. The zero-order valence-corrected chi connectivity index (χ0v) is 11.2. The van der Waals surface area contributed by atoms with Crippen molar-refractivity contribution in [3.8, 4) is 0 Å². The van der Waals surface area contributed by atoms with Gasteiger partial charge in [-0.15, -0.1) is 12.4 Å². The average molecular weight is 272 g/mol. The second-order valence-corrected chi connectivity index (χ2v) is 4.08. The maximum Gasteiger partial charge on any atom is 0.337 e. The molecule has 18 heavy (non-hydrogen) atoms. The van der Waals surface area contributed by atoms with Crippen LogP contribution in [0.4, 0.5) is 0 Å². The maximum atomic E-state index is 11.4. The third-order valence-corrected chi connectivity index (χ3v) is 2.86. The van der Waals surface area contributed by atoms with Gasteiger partial charge >= 0.3 is 5.97 Å². The van der Waals surface area contributed by atoms with E-state index in [1.54, 1.807) is 6.07 Å². The van der Waals surface area contributed by atoms with Crippen molar-refractivity contribution in [3.63, 3.8) is 0 Å². The molecule has 2 rings (SSSR count). The van der Waals surface area contributed by atoms with Crippen molar-refractivity contribution in [2.75, 3.05) is 33.4 Å². The molecule has 1 aliphatic rings. The van der Waals surface area contributed by atoms with Gasteiger partial charge in [-0.2, -0.15) is 0 Å². The average Bonchev–Trinajstić information content (AvgIpc) is 2.39. The van der Waals surface area contributed by atoms with Crippen LogP contribution in [-0.4, -0.2) is 44.3 Å². The van der Waals surface area contributed by atoms with Crippen LogP contribution in [0, 0.1) is 0 Å². The molecule has 0 atom stereocenters. The molecule has 0 aliphatic carbocycles. The summed E-state index contributed by atoms with van der Waals surface area (Å²) < 4.78 is 10.0. The zero-order chi connectivity index (χ0) is 12.1. The van der Waals surface area contributed by atoms with E-state index in [-0.39, 0.29) is 18.4 Å². The van der Waals surface area contributed by atoms with E-state index in [1.165, 1.54) is 7.11 Å². The molecule has 5 heteroatoms. The fourth-order valence-electron chi connectivity index (χ4n) is 1.93. The Morgan fingerprint density at radius 2 is 2.11 bits per heavy atom. The van der Waals surface area contributed by atoms with E-state index in [1.807, 2.05) is 18.2 Å². The van der Waals surface area contributed by atoms with Gasteiger partial charge in [-0.1, -0.05) is 12.1 Å². The highest BCUT2D eigenvalue weighted by atomic mass is 35.5. The highest BCUT2D eigenvalue weighted by Crippen LogP contribution is 2.10. The Morgan fingerprint density at radius 3 is 2.78 bits per heavy atom. The van der Waals surface area contributed by atoms with Crippen molar-refractivity contribution < 1.29 is 14.3 Å². The standard InChI is InChI=1S/C13H17NO3.ClH/c1-16-13(15)12-4-2-3-11(9-12)10-14-5-7-17-8-6-14;/h2-4,9H,5-8,10H2,1H3;1H. The van der Waals surface area contributed by atoms with Crippen molar-refractivity contribution in [1.82, 2.24) is 4.90 Å². The van der Waals surface area contributed by atoms with Gasteiger partial charge in [0.15, 0.2) is 0 Å². The quantitative estimate of drug-likeness (QED) is 0.785. The summed E-state index contributed by atoms with van der Waals surface area (Å²) in [5.74, 6) is -0.283. The second-order valence-electron chi connectivity index (χ2n) is 4.08. The third kappa shape index (κ3) is 3.98. The van der Waals surface area contributed by atoms with Crippen LogP contribution in [0.3, 0.4) is 0 Å². The summed E-state index contributed by atoms with van der Waals surface area (Å²) in [6, 6.07) is 7.58. The molecular formula is C13H18ClNO3. The molecule has 1 saturated heterocycles. The fourth-order valence-corrected chi connectivity index (χ4v) is 1.93. The number of hydrogen-bond donors (Lipinski definition) is 0. The van der Waals surface area contributed by atoms with E-state index >= 15 is 0 Å². The summed E-state index contributed by atoms with van der Waals surface area (Å²) in [5.41, 5.74) is 1.74. The van der Waals surface area contributed by atoms with Crippen LogP contribution in [0.2, 0.25) is 0 Å². The van der Waals surface area contributed by atoms with Crippen LogP contribution in [-0.2, 0) is 16.0 Å². The molecule has 0 N–H and O–H groups in total. The van der Waals surface area contributed by atoms with Crippen molar-refractivity contribution in [2.45, 2.75) is 6.54 Å². The Bertz CT molecular complexity index is 392. The number of esters is 1. The molecule has 1 aliphatic heterocycles. The van der Waals surface area contributed by atoms with Gasteiger partial charge in [0.05, 0.1) is 25.9 Å². The van der Waals surface area contributed by atoms with E-state index in [4.69, 9.17) is 9.47 Å². The van der Waals surface area contributed by atoms with Gasteiger partial charge in [0.2, 0.25) is 0 Å². The SMILES string of the molecule is COC(=O)c1cccc(CN2CCOCC2)c1.Cl. The molecule has 4 nitrogen and oxygen atoms in total. The number of ether oxygens (including phenoxy) is 2. The molecule has 0 bridgehead atoms. The van der Waals surface area contributed by atoms with Crippen LogP contribution >= 0.6 is 12.4 Å². The predicted molar refractivity (Wildman–Crippen MR) is 71.1 cm³/mol. The maximum absolute atomic E-state index is 11.4. The summed E-state index contributed by atoms with van der Waals surface area (Å²) >= 11 is 0. The van der Waals surface area contributed by atoms with E-state index in [0.717, 1.165) is 38.4 Å². The lowest BCUT2D eigenvalue weighted by molar-refractivity contribution is 0.0341. The topological polar surface area (TPSA) is 38.8 Å². The Labute approximate surface area is 113 Å². The van der Waals surface area contributed by atoms with Gasteiger partial charge in [0.25, 0.3) is 0 Å². The van der Waals surface area contributed by atoms with E-state index in [0.29, 0.717) is 5.56 Å². The minimum Gasteiger partial charge on any atom is -0.465 e. The highest BCUT2D eigenvalue weighted by molar-refractivity contribution is 5.89. The molecule has 0 amide bonds. The van der Waals surface area contributed by atoms with Crippen LogP contribution in [0.5, 0.6) is 0 Å². The largest absolute Gasteiger partial charge is 0.465 e. The second kappa shape index (κ2) is 7.36. The molecule has 1 aromatic rings. The zero-order valence-electron chi connectivity index (χ0n) is 10.4. The van der Waals surface area contributed by atoms with Gasteiger partial charge in [-0.3, -0.25) is 4.90 Å². The third-order valence-electron chi connectivity index (χ3n) is 2.86. The number of hydrogen-bond acceptors (Lipinski definition) is 4. The summed E-state index contributed by atoms with van der Waals surface area (Å²) in [6.45, 7) is 4.33. The van der Waals surface area contributed by atoms with Crippen molar-refractivity contribution in [1.29, 1.82) is 0 Å². The van der Waals surface area contributed by atoms with Gasteiger partial charge in [-0.25, -0.2) is 4.79 Å². The number of halogens is 1. The number of nitrogens with zero attached hydrogens (tertiary/aromatic N) is 1. The number of benzene rings is 1. The summed E-state index contributed by atoms with van der Waals surface area (Å²) in [7, 11) is 1.40. The fraction of sp³-hybridized carbons (Fsp3) is 0.462. The van der Waals surface area contributed by atoms with Gasteiger partial charge in [0.1, 0.15) is 0 Å². The number of methoxy groups -OCH3 is 1. The summed E-state index contributed by atoms with van der Waals surface area (Å²) in [4.78, 5) is 13.7. The van der Waals surface area contributed by atoms with Crippen LogP contribution in [0.1, 0.15) is 15.9 Å². The first kappa shape index (κ1) is 15.0. The summed E-state index contributed by atoms with van der Waals surface area (Å²) in [5, 5.41) is 0. The highest BCUT2D eigenvalue weighted by Gasteiger charge is 2.12. The minimum atomic E-state index is -0.283. The first-order chi connectivity index (χ1) is 8.29. The van der Waals surface area contributed by atoms with E-state index < -0.39 is 0 Å². The molecule has 0 saturated carbocycles.